The molecule has 0 bridgehead atoms. The third-order valence-corrected chi connectivity index (χ3v) is 7.37. The van der Waals surface area contributed by atoms with Gasteiger partial charge in [-0.15, -0.1) is 16.6 Å². The molecule has 1 aromatic carbocycles. The van der Waals surface area contributed by atoms with Gasteiger partial charge >= 0.3 is 0 Å². The van der Waals surface area contributed by atoms with Crippen LogP contribution in [-0.2, 0) is 6.42 Å². The summed E-state index contributed by atoms with van der Waals surface area (Å²) in [6.07, 6.45) is 12.3. The largest absolute Gasteiger partial charge is 0.504 e. The number of hydrogen-bond acceptors (Lipinski definition) is 7. The zero-order valence-electron chi connectivity index (χ0n) is 24.0. The van der Waals surface area contributed by atoms with Crippen LogP contribution in [-0.4, -0.2) is 77.9 Å². The average molecular weight is 543 g/mol. The maximum Gasteiger partial charge on any atom is 0.178 e. The molecule has 0 aromatic heterocycles. The van der Waals surface area contributed by atoms with E-state index >= 15 is 0 Å². The number of nitrogens with one attached hydrogen (secondary N) is 2. The van der Waals surface area contributed by atoms with Gasteiger partial charge in [0.1, 0.15) is 30.9 Å². The summed E-state index contributed by atoms with van der Waals surface area (Å²) in [4.78, 5) is 4.58. The molecule has 0 amide bonds. The summed E-state index contributed by atoms with van der Waals surface area (Å²) in [7, 11) is 1.93. The number of benzene rings is 1. The van der Waals surface area contributed by atoms with E-state index in [-0.39, 0.29) is 30.4 Å². The van der Waals surface area contributed by atoms with Gasteiger partial charge in [-0.25, -0.2) is 0 Å². The van der Waals surface area contributed by atoms with Gasteiger partial charge in [0.25, 0.3) is 0 Å². The molecule has 2 heterocycles. The predicted molar refractivity (Wildman–Crippen MR) is 157 cm³/mol. The van der Waals surface area contributed by atoms with Crippen LogP contribution in [0.2, 0.25) is 0 Å². The summed E-state index contributed by atoms with van der Waals surface area (Å²) >= 11 is 0. The van der Waals surface area contributed by atoms with Gasteiger partial charge in [0.2, 0.25) is 0 Å². The highest BCUT2D eigenvalue weighted by molar-refractivity contribution is 5.83. The Balaban J connectivity index is 1.48. The van der Waals surface area contributed by atoms with Gasteiger partial charge < -0.3 is 35.4 Å². The van der Waals surface area contributed by atoms with E-state index in [0.717, 1.165) is 67.5 Å². The molecule has 6 N–H and O–H groups in total. The monoisotopic (exact) mass is 542 g/mol. The fourth-order valence-corrected chi connectivity index (χ4v) is 4.94. The zero-order valence-corrected chi connectivity index (χ0v) is 24.0. The van der Waals surface area contributed by atoms with Crippen molar-refractivity contribution in [3.8, 4) is 11.5 Å². The Morgan fingerprint density at radius 3 is 2.77 bits per heavy atom. The molecule has 0 aliphatic carbocycles. The van der Waals surface area contributed by atoms with Crippen LogP contribution in [0, 0.1) is 17.9 Å². The van der Waals surface area contributed by atoms with Gasteiger partial charge in [0.15, 0.2) is 17.2 Å². The highest BCUT2D eigenvalue weighted by atomic mass is 16.5. The number of aliphatic imine (C=N–C) groups is 1. The number of aromatic hydroxyl groups is 1. The minimum absolute atomic E-state index is 0.0631. The molecule has 8 nitrogen and oxygen atoms in total. The fraction of sp³-hybridized carbons (Fsp3) is 0.581. The van der Waals surface area contributed by atoms with Gasteiger partial charge in [0, 0.05) is 32.2 Å². The number of hydrogen-bond donors (Lipinski definition) is 5. The normalized spacial score (nSPS) is 19.3. The molecule has 1 aromatic rings. The van der Waals surface area contributed by atoms with Crippen molar-refractivity contribution in [1.82, 2.24) is 10.6 Å². The van der Waals surface area contributed by atoms with Crippen molar-refractivity contribution in [2.45, 2.75) is 77.5 Å². The second kappa shape index (κ2) is 15.9. The van der Waals surface area contributed by atoms with Gasteiger partial charge in [-0.1, -0.05) is 19.4 Å². The first-order valence-electron chi connectivity index (χ1n) is 14.3. The topological polar surface area (TPSA) is 119 Å². The van der Waals surface area contributed by atoms with Crippen LogP contribution in [0.15, 0.2) is 46.6 Å². The smallest absolute Gasteiger partial charge is 0.178 e. The van der Waals surface area contributed by atoms with E-state index in [4.69, 9.17) is 9.47 Å². The molecule has 0 saturated heterocycles. The average Bonchev–Trinajstić information content (AvgIpc) is 3.56. The number of likely N-dealkylation sites (N-methyl/N-ethyl adjacent to an activating group) is 1. The number of phenolic OH excluding ortho intramolecular Hbond substituents is 1. The van der Waals surface area contributed by atoms with Crippen molar-refractivity contribution in [2.75, 3.05) is 33.4 Å². The number of aliphatic hydroxyl groups is 4. The van der Waals surface area contributed by atoms with Crippen molar-refractivity contribution < 1.29 is 24.8 Å². The molecule has 2 aliphatic rings. The number of nitrogens with zero attached hydrogens (tertiary/aromatic N) is 1. The fourth-order valence-electron chi connectivity index (χ4n) is 4.94. The van der Waals surface area contributed by atoms with Crippen molar-refractivity contribution in [3.05, 3.63) is 59.2 Å². The number of aliphatic hydroxyl groups excluding tert-OH is 2. The Labute approximate surface area is 234 Å². The lowest BCUT2D eigenvalue weighted by Crippen LogP contribution is -2.46. The summed E-state index contributed by atoms with van der Waals surface area (Å²) in [5.74, 6) is 1.99. The molecule has 0 spiro atoms. The quantitative estimate of drug-likeness (QED) is 0.143. The molecule has 4 atom stereocenters. The SMILES string of the molecule is CCCCC1[OH+][C-](CCc2ccc(O)c(OCCC3=C[C+](C(C)C(CNC)NCC(C)O)C=N3)c2)C=C1CO. The minimum atomic E-state index is -0.396. The molecule has 0 fully saturated rings. The second-order valence-corrected chi connectivity index (χ2v) is 10.7. The van der Waals surface area contributed by atoms with Gasteiger partial charge in [-0.2, -0.15) is 0 Å². The molecule has 4 unspecified atom stereocenters. The van der Waals surface area contributed by atoms with E-state index in [9.17, 15) is 15.3 Å². The highest BCUT2D eigenvalue weighted by Gasteiger charge is 2.33. The number of aryl methyl sites for hydroxylation is 1. The van der Waals surface area contributed by atoms with Crippen molar-refractivity contribution in [1.29, 1.82) is 0 Å². The Morgan fingerprint density at radius 1 is 1.23 bits per heavy atom. The number of phenols is 1. The predicted octanol–water partition coefficient (Wildman–Crippen LogP) is 3.38. The van der Waals surface area contributed by atoms with Crippen LogP contribution in [0.1, 0.15) is 58.4 Å². The van der Waals surface area contributed by atoms with Crippen molar-refractivity contribution in [3.63, 3.8) is 0 Å². The van der Waals surface area contributed by atoms with Crippen molar-refractivity contribution in [2.24, 2.45) is 10.9 Å². The Bertz CT molecular complexity index is 977. The molecule has 3 rings (SSSR count). The first-order chi connectivity index (χ1) is 18.8. The van der Waals surface area contributed by atoms with Crippen LogP contribution < -0.4 is 15.4 Å². The Hall–Kier alpha value is -2.49. The lowest BCUT2D eigenvalue weighted by atomic mass is 9.88. The first-order valence-corrected chi connectivity index (χ1v) is 14.3. The van der Waals surface area contributed by atoms with Gasteiger partial charge in [0.05, 0.1) is 24.5 Å². The maximum atomic E-state index is 10.3. The van der Waals surface area contributed by atoms with Gasteiger partial charge in [-0.05, 0) is 57.9 Å². The van der Waals surface area contributed by atoms with E-state index in [1.54, 1.807) is 13.0 Å². The van der Waals surface area contributed by atoms with E-state index < -0.39 is 6.10 Å². The van der Waals surface area contributed by atoms with Crippen LogP contribution in [0.4, 0.5) is 0 Å². The Kier molecular flexibility index (Phi) is 12.7. The maximum absolute atomic E-state index is 10.3. The van der Waals surface area contributed by atoms with Crippen LogP contribution in [0.5, 0.6) is 11.5 Å². The van der Waals surface area contributed by atoms with E-state index in [2.05, 4.69) is 35.5 Å². The third-order valence-electron chi connectivity index (χ3n) is 7.37. The summed E-state index contributed by atoms with van der Waals surface area (Å²) in [6.45, 7) is 7.93. The highest BCUT2D eigenvalue weighted by Crippen LogP contribution is 2.32. The Morgan fingerprint density at radius 2 is 2.05 bits per heavy atom. The third kappa shape index (κ3) is 9.58. The van der Waals surface area contributed by atoms with Crippen LogP contribution in [0.3, 0.4) is 0 Å². The first kappa shape index (κ1) is 31.0. The standard InChI is InChI=1S/C31H47N3O5/c1-5-6-7-30-25(20-35)16-27(39-30)10-8-23-9-11-29(37)31(14-23)38-13-12-26-15-24(18-33-26)22(3)28(19-32-4)34-17-21(2)36/h9,11,14-16,18,21-22,28,30,32,34-36,39H,5-8,10,12-13,17,19-20H2,1-4H3/p+1. The number of allylic oxidation sites excluding steroid dienone is 1. The molecule has 216 valence electrons. The lowest BCUT2D eigenvalue weighted by molar-refractivity contribution is -0.0550. The molecule has 0 radical (unpaired) electrons. The summed E-state index contributed by atoms with van der Waals surface area (Å²) in [6, 6.07) is 5.68. The zero-order chi connectivity index (χ0) is 28.2. The van der Waals surface area contributed by atoms with E-state index in [1.165, 1.54) is 0 Å². The summed E-state index contributed by atoms with van der Waals surface area (Å²) in [5.41, 5.74) is 3.04. The molecule has 8 heteroatoms. The summed E-state index contributed by atoms with van der Waals surface area (Å²) in [5, 5.41) is 36.3. The molecule has 0 saturated carbocycles. The van der Waals surface area contributed by atoms with Gasteiger partial charge in [-0.3, -0.25) is 0 Å². The van der Waals surface area contributed by atoms with Crippen LogP contribution in [0.25, 0.3) is 0 Å². The van der Waals surface area contributed by atoms with E-state index in [1.807, 2.05) is 31.5 Å². The number of ether oxygens (including phenoxy) is 2. The van der Waals surface area contributed by atoms with E-state index in [0.29, 0.717) is 25.3 Å². The minimum Gasteiger partial charge on any atom is -0.504 e. The molecular weight excluding hydrogens is 494 g/mol. The molecule has 2 aliphatic heterocycles. The number of rotatable bonds is 18. The lowest BCUT2D eigenvalue weighted by Gasteiger charge is -2.24. The summed E-state index contributed by atoms with van der Waals surface area (Å²) < 4.78 is 10.8. The van der Waals surface area contributed by atoms with Crippen molar-refractivity contribution >= 4 is 6.21 Å². The second-order valence-electron chi connectivity index (χ2n) is 10.7. The van der Waals surface area contributed by atoms with Crippen LogP contribution >= 0.6 is 0 Å². The molecule has 39 heavy (non-hydrogen) atoms. The number of unbranched alkanes of at least 4 members (excludes halogenated alkanes) is 1. The molecular formula is C31H48N3O5+.